The van der Waals surface area contributed by atoms with E-state index in [-0.39, 0.29) is 0 Å². The lowest BCUT2D eigenvalue weighted by Crippen LogP contribution is -2.39. The number of ether oxygens (including phenoxy) is 2. The number of hydrogen-bond acceptors (Lipinski definition) is 4. The molecule has 4 nitrogen and oxygen atoms in total. The van der Waals surface area contributed by atoms with Gasteiger partial charge < -0.3 is 14.8 Å². The Morgan fingerprint density at radius 2 is 1.86 bits per heavy atom. The van der Waals surface area contributed by atoms with Gasteiger partial charge in [-0.25, -0.2) is 0 Å². The largest absolute Gasteiger partial charge is 0.493 e. The number of hydrogen-bond donors (Lipinski definition) is 1. The summed E-state index contributed by atoms with van der Waals surface area (Å²) in [5.74, 6) is 1.56. The van der Waals surface area contributed by atoms with Crippen molar-refractivity contribution in [1.82, 2.24) is 10.2 Å². The van der Waals surface area contributed by atoms with Crippen LogP contribution in [0.5, 0.6) is 11.5 Å². The van der Waals surface area contributed by atoms with E-state index in [1.165, 1.54) is 18.4 Å². The van der Waals surface area contributed by atoms with Gasteiger partial charge in [-0.05, 0) is 51.4 Å². The number of rotatable bonds is 8. The van der Waals surface area contributed by atoms with Crippen LogP contribution < -0.4 is 14.8 Å². The maximum atomic E-state index is 5.37. The van der Waals surface area contributed by atoms with E-state index in [1.54, 1.807) is 14.2 Å². The highest BCUT2D eigenvalue weighted by Crippen LogP contribution is 2.30. The van der Waals surface area contributed by atoms with Crippen LogP contribution in [0.4, 0.5) is 0 Å². The van der Waals surface area contributed by atoms with E-state index < -0.39 is 0 Å². The zero-order chi connectivity index (χ0) is 15.4. The van der Waals surface area contributed by atoms with Gasteiger partial charge in [-0.3, -0.25) is 4.90 Å². The molecule has 1 aromatic carbocycles. The Hall–Kier alpha value is -1.26. The standard InChI is InChI=1S/C17H28N2O2/c1-12(19(3)15-7-8-15)11-18-13(2)14-6-9-16(20-4)17(10-14)21-5/h6,9-10,12-13,15,18H,7-8,11H2,1-5H3. The van der Waals surface area contributed by atoms with Crippen LogP contribution in [0.25, 0.3) is 0 Å². The smallest absolute Gasteiger partial charge is 0.161 e. The molecular formula is C17H28N2O2. The SMILES string of the molecule is COc1ccc(C(C)NCC(C)N(C)C2CC2)cc1OC. The minimum atomic E-state index is 0.292. The van der Waals surface area contributed by atoms with Gasteiger partial charge in [-0.15, -0.1) is 0 Å². The summed E-state index contributed by atoms with van der Waals surface area (Å²) >= 11 is 0. The van der Waals surface area contributed by atoms with E-state index >= 15 is 0 Å². The zero-order valence-electron chi connectivity index (χ0n) is 13.8. The monoisotopic (exact) mass is 292 g/mol. The molecule has 4 heteroatoms. The highest BCUT2D eigenvalue weighted by molar-refractivity contribution is 5.43. The van der Waals surface area contributed by atoms with Crippen molar-refractivity contribution in [2.24, 2.45) is 0 Å². The Morgan fingerprint density at radius 3 is 2.43 bits per heavy atom. The third-order valence-electron chi connectivity index (χ3n) is 4.45. The summed E-state index contributed by atoms with van der Waals surface area (Å²) in [7, 11) is 5.56. The first kappa shape index (κ1) is 16.1. The van der Waals surface area contributed by atoms with Gasteiger partial charge in [-0.2, -0.15) is 0 Å². The number of nitrogens with one attached hydrogen (secondary N) is 1. The fraction of sp³-hybridized carbons (Fsp3) is 0.647. The first-order valence-electron chi connectivity index (χ1n) is 7.74. The summed E-state index contributed by atoms with van der Waals surface area (Å²) in [6.45, 7) is 5.46. The Labute approximate surface area is 128 Å². The van der Waals surface area contributed by atoms with Gasteiger partial charge >= 0.3 is 0 Å². The lowest BCUT2D eigenvalue weighted by molar-refractivity contribution is 0.237. The summed E-state index contributed by atoms with van der Waals surface area (Å²) in [5, 5.41) is 3.61. The molecule has 1 aromatic rings. The van der Waals surface area contributed by atoms with Gasteiger partial charge in [0.15, 0.2) is 11.5 Å². The Balaban J connectivity index is 1.91. The predicted octanol–water partition coefficient (Wildman–Crippen LogP) is 2.84. The van der Waals surface area contributed by atoms with E-state index in [0.29, 0.717) is 12.1 Å². The van der Waals surface area contributed by atoms with Gasteiger partial charge in [-0.1, -0.05) is 6.07 Å². The van der Waals surface area contributed by atoms with Crippen LogP contribution in [0, 0.1) is 0 Å². The van der Waals surface area contributed by atoms with E-state index in [2.05, 4.69) is 37.2 Å². The normalized spacial score (nSPS) is 17.6. The molecule has 1 N–H and O–H groups in total. The van der Waals surface area contributed by atoms with Gasteiger partial charge in [0.1, 0.15) is 0 Å². The summed E-state index contributed by atoms with van der Waals surface area (Å²) in [6.07, 6.45) is 2.71. The van der Waals surface area contributed by atoms with E-state index in [9.17, 15) is 0 Å². The second kappa shape index (κ2) is 7.14. The van der Waals surface area contributed by atoms with Crippen LogP contribution in [0.3, 0.4) is 0 Å². The van der Waals surface area contributed by atoms with Gasteiger partial charge in [0, 0.05) is 24.7 Å². The molecule has 1 fully saturated rings. The minimum Gasteiger partial charge on any atom is -0.493 e. The van der Waals surface area contributed by atoms with Crippen LogP contribution in [-0.2, 0) is 0 Å². The quantitative estimate of drug-likeness (QED) is 0.799. The molecule has 2 atom stereocenters. The molecule has 0 aliphatic heterocycles. The van der Waals surface area contributed by atoms with E-state index in [0.717, 1.165) is 24.1 Å². The maximum Gasteiger partial charge on any atom is 0.161 e. The fourth-order valence-electron chi connectivity index (χ4n) is 2.57. The summed E-state index contributed by atoms with van der Waals surface area (Å²) in [6, 6.07) is 7.75. The molecule has 0 spiro atoms. The number of nitrogens with zero attached hydrogens (tertiary/aromatic N) is 1. The van der Waals surface area contributed by atoms with Gasteiger partial charge in [0.05, 0.1) is 14.2 Å². The van der Waals surface area contributed by atoms with Crippen molar-refractivity contribution in [3.05, 3.63) is 23.8 Å². The molecule has 0 aromatic heterocycles. The molecule has 21 heavy (non-hydrogen) atoms. The number of methoxy groups -OCH3 is 2. The minimum absolute atomic E-state index is 0.292. The molecule has 1 aliphatic carbocycles. The lowest BCUT2D eigenvalue weighted by atomic mass is 10.1. The molecule has 0 heterocycles. The molecule has 0 radical (unpaired) electrons. The average molecular weight is 292 g/mol. The molecular weight excluding hydrogens is 264 g/mol. The van der Waals surface area contributed by atoms with Gasteiger partial charge in [0.25, 0.3) is 0 Å². The molecule has 1 aliphatic rings. The van der Waals surface area contributed by atoms with Crippen molar-refractivity contribution in [3.63, 3.8) is 0 Å². The molecule has 0 saturated heterocycles. The van der Waals surface area contributed by atoms with Crippen molar-refractivity contribution < 1.29 is 9.47 Å². The predicted molar refractivity (Wildman–Crippen MR) is 86.2 cm³/mol. The Kier molecular flexibility index (Phi) is 5.48. The van der Waals surface area contributed by atoms with Crippen LogP contribution in [0.2, 0.25) is 0 Å². The maximum absolute atomic E-state index is 5.37. The van der Waals surface area contributed by atoms with Crippen LogP contribution in [0.1, 0.15) is 38.3 Å². The summed E-state index contributed by atoms with van der Waals surface area (Å²) in [4.78, 5) is 2.48. The lowest BCUT2D eigenvalue weighted by Gasteiger charge is -2.26. The Morgan fingerprint density at radius 1 is 1.19 bits per heavy atom. The van der Waals surface area contributed by atoms with E-state index in [1.807, 2.05) is 12.1 Å². The van der Waals surface area contributed by atoms with Crippen LogP contribution in [0.15, 0.2) is 18.2 Å². The highest BCUT2D eigenvalue weighted by Gasteiger charge is 2.29. The highest BCUT2D eigenvalue weighted by atomic mass is 16.5. The third-order valence-corrected chi connectivity index (χ3v) is 4.45. The summed E-state index contributed by atoms with van der Waals surface area (Å²) in [5.41, 5.74) is 1.22. The molecule has 0 bridgehead atoms. The third kappa shape index (κ3) is 4.11. The van der Waals surface area contributed by atoms with Crippen molar-refractivity contribution >= 4 is 0 Å². The fourth-order valence-corrected chi connectivity index (χ4v) is 2.57. The topological polar surface area (TPSA) is 33.7 Å². The molecule has 118 valence electrons. The van der Waals surface area contributed by atoms with E-state index in [4.69, 9.17) is 9.47 Å². The van der Waals surface area contributed by atoms with Crippen molar-refractivity contribution in [1.29, 1.82) is 0 Å². The Bertz CT molecular complexity index is 460. The second-order valence-electron chi connectivity index (χ2n) is 5.99. The molecule has 0 amide bonds. The van der Waals surface area contributed by atoms with Crippen LogP contribution in [-0.4, -0.2) is 44.8 Å². The van der Waals surface area contributed by atoms with Crippen molar-refractivity contribution in [2.45, 2.75) is 44.8 Å². The zero-order valence-corrected chi connectivity index (χ0v) is 13.8. The first-order valence-corrected chi connectivity index (χ1v) is 7.74. The number of benzene rings is 1. The molecule has 2 unspecified atom stereocenters. The second-order valence-corrected chi connectivity index (χ2v) is 5.99. The molecule has 2 rings (SSSR count). The van der Waals surface area contributed by atoms with Gasteiger partial charge in [0.2, 0.25) is 0 Å². The number of likely N-dealkylation sites (N-methyl/N-ethyl adjacent to an activating group) is 1. The van der Waals surface area contributed by atoms with Crippen molar-refractivity contribution in [2.75, 3.05) is 27.8 Å². The van der Waals surface area contributed by atoms with Crippen molar-refractivity contribution in [3.8, 4) is 11.5 Å². The molecule has 1 saturated carbocycles. The first-order chi connectivity index (χ1) is 10.1. The van der Waals surface area contributed by atoms with Crippen LogP contribution >= 0.6 is 0 Å². The summed E-state index contributed by atoms with van der Waals surface area (Å²) < 4.78 is 10.7. The average Bonchev–Trinajstić information content (AvgIpc) is 3.35.